The Morgan fingerprint density at radius 1 is 1.27 bits per heavy atom. The van der Waals surface area contributed by atoms with Gasteiger partial charge in [-0.2, -0.15) is 0 Å². The summed E-state index contributed by atoms with van der Waals surface area (Å²) in [6, 6.07) is 0.315. The van der Waals surface area contributed by atoms with Crippen molar-refractivity contribution in [1.82, 2.24) is 10.2 Å². The highest BCUT2D eigenvalue weighted by molar-refractivity contribution is 4.88. The number of nitrogens with two attached hydrogens (primary N) is 1. The number of hydrogen-bond acceptors (Lipinski definition) is 3. The summed E-state index contributed by atoms with van der Waals surface area (Å²) in [5.74, 6) is 0.576. The third-order valence-electron chi connectivity index (χ3n) is 3.56. The SMILES string of the molecule is CC(C)C(N)CC(C)(C)N1CCNCC1. The van der Waals surface area contributed by atoms with E-state index >= 15 is 0 Å². The Morgan fingerprint density at radius 3 is 2.27 bits per heavy atom. The van der Waals surface area contributed by atoms with Crippen LogP contribution in [0.2, 0.25) is 0 Å². The van der Waals surface area contributed by atoms with Gasteiger partial charge in [-0.05, 0) is 26.2 Å². The zero-order valence-electron chi connectivity index (χ0n) is 10.7. The molecule has 0 amide bonds. The second-order valence-electron chi connectivity index (χ2n) is 5.66. The number of rotatable bonds is 4. The fourth-order valence-electron chi connectivity index (χ4n) is 2.21. The molecule has 90 valence electrons. The average Bonchev–Trinajstić information content (AvgIpc) is 2.18. The highest BCUT2D eigenvalue weighted by atomic mass is 15.2. The Morgan fingerprint density at radius 2 is 1.80 bits per heavy atom. The van der Waals surface area contributed by atoms with Gasteiger partial charge in [0.15, 0.2) is 0 Å². The molecule has 1 rings (SSSR count). The number of nitrogens with one attached hydrogen (secondary N) is 1. The largest absolute Gasteiger partial charge is 0.327 e. The Bertz CT molecular complexity index is 183. The van der Waals surface area contributed by atoms with Crippen molar-refractivity contribution in [1.29, 1.82) is 0 Å². The minimum atomic E-state index is 0.242. The van der Waals surface area contributed by atoms with E-state index in [4.69, 9.17) is 5.73 Å². The maximum atomic E-state index is 6.17. The predicted octanol–water partition coefficient (Wildman–Crippen LogP) is 1.04. The molecule has 0 aromatic heterocycles. The van der Waals surface area contributed by atoms with E-state index in [1.807, 2.05) is 0 Å². The van der Waals surface area contributed by atoms with E-state index < -0.39 is 0 Å². The summed E-state index contributed by atoms with van der Waals surface area (Å²) in [5.41, 5.74) is 6.41. The predicted molar refractivity (Wildman–Crippen MR) is 66.0 cm³/mol. The van der Waals surface area contributed by atoms with Crippen molar-refractivity contribution in [2.24, 2.45) is 11.7 Å². The quantitative estimate of drug-likeness (QED) is 0.733. The molecule has 0 saturated carbocycles. The van der Waals surface area contributed by atoms with Crippen LogP contribution in [0.3, 0.4) is 0 Å². The summed E-state index contributed by atoms with van der Waals surface area (Å²) in [5, 5.41) is 3.39. The van der Waals surface area contributed by atoms with Crippen LogP contribution in [0, 0.1) is 5.92 Å². The monoisotopic (exact) mass is 213 g/mol. The highest BCUT2D eigenvalue weighted by Gasteiger charge is 2.30. The van der Waals surface area contributed by atoms with Gasteiger partial charge in [-0.3, -0.25) is 4.90 Å². The zero-order valence-corrected chi connectivity index (χ0v) is 10.7. The molecule has 1 heterocycles. The van der Waals surface area contributed by atoms with Gasteiger partial charge in [-0.25, -0.2) is 0 Å². The first kappa shape index (κ1) is 12.9. The molecule has 0 radical (unpaired) electrons. The number of piperazine rings is 1. The molecule has 0 aromatic rings. The fourth-order valence-corrected chi connectivity index (χ4v) is 2.21. The normalized spacial score (nSPS) is 22.0. The first-order valence-corrected chi connectivity index (χ1v) is 6.15. The van der Waals surface area contributed by atoms with Crippen LogP contribution < -0.4 is 11.1 Å². The van der Waals surface area contributed by atoms with E-state index in [1.54, 1.807) is 0 Å². The second kappa shape index (κ2) is 5.28. The first-order chi connectivity index (χ1) is 6.93. The minimum Gasteiger partial charge on any atom is -0.327 e. The lowest BCUT2D eigenvalue weighted by Crippen LogP contribution is -2.55. The van der Waals surface area contributed by atoms with Crippen molar-refractivity contribution >= 4 is 0 Å². The summed E-state index contributed by atoms with van der Waals surface area (Å²) in [6.45, 7) is 13.6. The van der Waals surface area contributed by atoms with Crippen LogP contribution in [-0.4, -0.2) is 42.7 Å². The summed E-state index contributed by atoms with van der Waals surface area (Å²) < 4.78 is 0. The van der Waals surface area contributed by atoms with E-state index in [0.717, 1.165) is 32.6 Å². The van der Waals surface area contributed by atoms with Gasteiger partial charge in [-0.1, -0.05) is 13.8 Å². The van der Waals surface area contributed by atoms with E-state index in [1.165, 1.54) is 0 Å². The van der Waals surface area contributed by atoms with Crippen LogP contribution in [0.1, 0.15) is 34.1 Å². The van der Waals surface area contributed by atoms with Crippen LogP contribution in [-0.2, 0) is 0 Å². The van der Waals surface area contributed by atoms with Gasteiger partial charge >= 0.3 is 0 Å². The van der Waals surface area contributed by atoms with E-state index in [0.29, 0.717) is 12.0 Å². The minimum absolute atomic E-state index is 0.242. The Balaban J connectivity index is 2.48. The van der Waals surface area contributed by atoms with Crippen LogP contribution in [0.5, 0.6) is 0 Å². The van der Waals surface area contributed by atoms with Crippen molar-refractivity contribution < 1.29 is 0 Å². The molecule has 0 spiro atoms. The third-order valence-corrected chi connectivity index (χ3v) is 3.56. The standard InChI is InChI=1S/C12H27N3/c1-10(2)11(13)9-12(3,4)15-7-5-14-6-8-15/h10-11,14H,5-9,13H2,1-4H3. The van der Waals surface area contributed by atoms with Gasteiger partial charge < -0.3 is 11.1 Å². The molecular weight excluding hydrogens is 186 g/mol. The summed E-state index contributed by atoms with van der Waals surface area (Å²) in [7, 11) is 0. The summed E-state index contributed by atoms with van der Waals surface area (Å²) >= 11 is 0. The molecule has 1 atom stereocenters. The molecule has 1 unspecified atom stereocenters. The summed E-state index contributed by atoms with van der Waals surface area (Å²) in [4.78, 5) is 2.56. The van der Waals surface area contributed by atoms with Gasteiger partial charge in [-0.15, -0.1) is 0 Å². The molecule has 1 aliphatic rings. The van der Waals surface area contributed by atoms with Gasteiger partial charge in [0.25, 0.3) is 0 Å². The molecule has 1 saturated heterocycles. The van der Waals surface area contributed by atoms with Gasteiger partial charge in [0.1, 0.15) is 0 Å². The molecule has 3 N–H and O–H groups in total. The van der Waals surface area contributed by atoms with Crippen molar-refractivity contribution in [3.8, 4) is 0 Å². The molecule has 3 nitrogen and oxygen atoms in total. The Hall–Kier alpha value is -0.120. The van der Waals surface area contributed by atoms with Crippen LogP contribution in [0.4, 0.5) is 0 Å². The topological polar surface area (TPSA) is 41.3 Å². The molecule has 1 aliphatic heterocycles. The van der Waals surface area contributed by atoms with Crippen molar-refractivity contribution in [2.45, 2.75) is 45.7 Å². The molecular formula is C12H27N3. The molecule has 0 aliphatic carbocycles. The highest BCUT2D eigenvalue weighted by Crippen LogP contribution is 2.22. The molecule has 3 heteroatoms. The Labute approximate surface area is 94.4 Å². The van der Waals surface area contributed by atoms with Gasteiger partial charge in [0.05, 0.1) is 0 Å². The lowest BCUT2D eigenvalue weighted by atomic mass is 9.88. The van der Waals surface area contributed by atoms with Crippen molar-refractivity contribution in [3.05, 3.63) is 0 Å². The van der Waals surface area contributed by atoms with Gasteiger partial charge in [0.2, 0.25) is 0 Å². The van der Waals surface area contributed by atoms with Crippen LogP contribution in [0.25, 0.3) is 0 Å². The first-order valence-electron chi connectivity index (χ1n) is 6.15. The lowest BCUT2D eigenvalue weighted by Gasteiger charge is -2.43. The van der Waals surface area contributed by atoms with E-state index in [-0.39, 0.29) is 5.54 Å². The summed E-state index contributed by atoms with van der Waals surface area (Å²) in [6.07, 6.45) is 1.09. The molecule has 1 fully saturated rings. The van der Waals surface area contributed by atoms with Crippen LogP contribution >= 0.6 is 0 Å². The van der Waals surface area contributed by atoms with Crippen molar-refractivity contribution in [2.75, 3.05) is 26.2 Å². The average molecular weight is 213 g/mol. The van der Waals surface area contributed by atoms with Crippen LogP contribution in [0.15, 0.2) is 0 Å². The number of nitrogens with zero attached hydrogens (tertiary/aromatic N) is 1. The van der Waals surface area contributed by atoms with Gasteiger partial charge in [0, 0.05) is 37.8 Å². The third kappa shape index (κ3) is 3.74. The molecule has 15 heavy (non-hydrogen) atoms. The fraction of sp³-hybridized carbons (Fsp3) is 1.00. The second-order valence-corrected chi connectivity index (χ2v) is 5.66. The molecule has 0 bridgehead atoms. The van der Waals surface area contributed by atoms with E-state index in [9.17, 15) is 0 Å². The smallest absolute Gasteiger partial charge is 0.0169 e. The maximum absolute atomic E-state index is 6.17. The lowest BCUT2D eigenvalue weighted by molar-refractivity contribution is 0.0847. The zero-order chi connectivity index (χ0) is 11.5. The number of hydrogen-bond donors (Lipinski definition) is 2. The Kier molecular flexibility index (Phi) is 4.56. The maximum Gasteiger partial charge on any atom is 0.0169 e. The molecule has 0 aromatic carbocycles. The van der Waals surface area contributed by atoms with Crippen molar-refractivity contribution in [3.63, 3.8) is 0 Å². The van der Waals surface area contributed by atoms with E-state index in [2.05, 4.69) is 37.9 Å².